The fourth-order valence-electron chi connectivity index (χ4n) is 1.58. The van der Waals surface area contributed by atoms with Crippen LogP contribution < -0.4 is 10.2 Å². The number of amides is 1. The summed E-state index contributed by atoms with van der Waals surface area (Å²) >= 11 is 0. The van der Waals surface area contributed by atoms with Crippen LogP contribution >= 0.6 is 0 Å². The number of aromatic nitrogens is 3. The Labute approximate surface area is 129 Å². The lowest BCUT2D eigenvalue weighted by Crippen LogP contribution is -2.23. The van der Waals surface area contributed by atoms with Crippen molar-refractivity contribution in [1.29, 1.82) is 0 Å². The number of hydrogen-bond donors (Lipinski definition) is 2. The molecule has 1 aromatic heterocycles. The van der Waals surface area contributed by atoms with Crippen LogP contribution in [0.15, 0.2) is 29.6 Å². The maximum absolute atomic E-state index is 11.6. The largest absolute Gasteiger partial charge is 0.504 e. The molecular formula is C12H12N6O5. The highest BCUT2D eigenvalue weighted by Gasteiger charge is 2.14. The molecule has 0 aliphatic carbocycles. The van der Waals surface area contributed by atoms with E-state index in [2.05, 4.69) is 20.6 Å². The van der Waals surface area contributed by atoms with E-state index in [4.69, 9.17) is 4.74 Å². The second-order valence-electron chi connectivity index (χ2n) is 4.22. The quantitative estimate of drug-likeness (QED) is 0.434. The lowest BCUT2D eigenvalue weighted by atomic mass is 10.2. The Morgan fingerprint density at radius 3 is 3.04 bits per heavy atom. The van der Waals surface area contributed by atoms with Gasteiger partial charge in [0.1, 0.15) is 6.54 Å². The number of nitro groups is 1. The van der Waals surface area contributed by atoms with Crippen LogP contribution in [-0.4, -0.2) is 44.0 Å². The highest BCUT2D eigenvalue weighted by Crippen LogP contribution is 2.25. The number of ether oxygens (including phenoxy) is 1. The third kappa shape index (κ3) is 4.23. The summed E-state index contributed by atoms with van der Waals surface area (Å²) in [4.78, 5) is 24.7. The summed E-state index contributed by atoms with van der Waals surface area (Å²) in [7, 11) is 1.41. The van der Waals surface area contributed by atoms with Crippen LogP contribution in [0.3, 0.4) is 0 Å². The van der Waals surface area contributed by atoms with Crippen LogP contribution in [-0.2, 0) is 11.3 Å². The van der Waals surface area contributed by atoms with Crippen molar-refractivity contribution in [2.75, 3.05) is 7.11 Å². The van der Waals surface area contributed by atoms with Crippen molar-refractivity contribution >= 4 is 18.1 Å². The second-order valence-corrected chi connectivity index (χ2v) is 4.22. The van der Waals surface area contributed by atoms with Crippen molar-refractivity contribution in [2.45, 2.75) is 6.54 Å². The lowest BCUT2D eigenvalue weighted by molar-refractivity contribution is -0.394. The van der Waals surface area contributed by atoms with Crippen molar-refractivity contribution in [1.82, 2.24) is 20.2 Å². The van der Waals surface area contributed by atoms with Gasteiger partial charge in [0.2, 0.25) is 6.33 Å². The molecule has 1 heterocycles. The number of nitrogens with one attached hydrogen (secondary N) is 1. The minimum atomic E-state index is -0.759. The summed E-state index contributed by atoms with van der Waals surface area (Å²) in [5.74, 6) is -0.860. The van der Waals surface area contributed by atoms with E-state index in [0.29, 0.717) is 5.56 Å². The molecule has 0 atom stereocenters. The third-order valence-electron chi connectivity index (χ3n) is 2.60. The number of phenols is 1. The topological polar surface area (TPSA) is 145 Å². The molecule has 2 aromatic rings. The minimum Gasteiger partial charge on any atom is -0.504 e. The Kier molecular flexibility index (Phi) is 4.82. The lowest BCUT2D eigenvalue weighted by Gasteiger charge is -2.03. The van der Waals surface area contributed by atoms with E-state index in [0.717, 1.165) is 11.0 Å². The molecule has 23 heavy (non-hydrogen) atoms. The maximum atomic E-state index is 11.6. The SMILES string of the molecule is COc1cc(C=NNC(=O)Cn2cnc([N+](=O)[O-])n2)ccc1O. The molecule has 0 spiro atoms. The predicted molar refractivity (Wildman–Crippen MR) is 77.1 cm³/mol. The Bertz CT molecular complexity index is 756. The van der Waals surface area contributed by atoms with Gasteiger partial charge in [-0.1, -0.05) is 4.98 Å². The molecule has 11 heteroatoms. The Balaban J connectivity index is 1.91. The van der Waals surface area contributed by atoms with Crippen LogP contribution in [0.2, 0.25) is 0 Å². The second kappa shape index (κ2) is 6.98. The zero-order valence-corrected chi connectivity index (χ0v) is 11.9. The molecule has 1 aromatic carbocycles. The molecule has 0 saturated heterocycles. The number of carbonyl (C=O) groups excluding carboxylic acids is 1. The van der Waals surface area contributed by atoms with Crippen LogP contribution in [0, 0.1) is 10.1 Å². The molecule has 11 nitrogen and oxygen atoms in total. The molecule has 2 N–H and O–H groups in total. The van der Waals surface area contributed by atoms with Gasteiger partial charge in [0.05, 0.1) is 13.3 Å². The van der Waals surface area contributed by atoms with Gasteiger partial charge in [-0.2, -0.15) is 9.78 Å². The van der Waals surface area contributed by atoms with Crippen LogP contribution in [0.1, 0.15) is 5.56 Å². The van der Waals surface area contributed by atoms with E-state index in [9.17, 15) is 20.0 Å². The van der Waals surface area contributed by atoms with Gasteiger partial charge in [0, 0.05) is 5.10 Å². The average Bonchev–Trinajstić information content (AvgIpc) is 2.97. The maximum Gasteiger partial charge on any atom is 0.490 e. The van der Waals surface area contributed by atoms with Gasteiger partial charge in [-0.05, 0) is 28.7 Å². The van der Waals surface area contributed by atoms with Gasteiger partial charge in [-0.15, -0.1) is 0 Å². The molecule has 0 aliphatic rings. The summed E-state index contributed by atoms with van der Waals surface area (Å²) in [5, 5.41) is 27.1. The van der Waals surface area contributed by atoms with Crippen LogP contribution in [0.25, 0.3) is 0 Å². The minimum absolute atomic E-state index is 0.0125. The number of nitrogens with zero attached hydrogens (tertiary/aromatic N) is 5. The van der Waals surface area contributed by atoms with Gasteiger partial charge in [0.15, 0.2) is 11.5 Å². The van der Waals surface area contributed by atoms with Gasteiger partial charge in [-0.3, -0.25) is 4.79 Å². The summed E-state index contributed by atoms with van der Waals surface area (Å²) < 4.78 is 5.96. The summed E-state index contributed by atoms with van der Waals surface area (Å²) in [6.45, 7) is -0.267. The van der Waals surface area contributed by atoms with Crippen LogP contribution in [0.5, 0.6) is 11.5 Å². The predicted octanol–water partition coefficient (Wildman–Crippen LogP) is 0.0508. The molecule has 0 saturated carbocycles. The molecule has 2 rings (SSSR count). The van der Waals surface area contributed by atoms with E-state index in [1.165, 1.54) is 25.5 Å². The standard InChI is InChI=1S/C12H12N6O5/c1-23-10-4-8(2-3-9(10)19)5-14-15-11(20)6-17-7-13-12(16-17)18(21)22/h2-5,7,19H,6H2,1H3,(H,15,20). The molecule has 0 aliphatic heterocycles. The molecule has 0 bridgehead atoms. The zero-order valence-electron chi connectivity index (χ0n) is 11.9. The fourth-order valence-corrected chi connectivity index (χ4v) is 1.58. The number of aromatic hydroxyl groups is 1. The van der Waals surface area contributed by atoms with Crippen LogP contribution in [0.4, 0.5) is 5.95 Å². The molecular weight excluding hydrogens is 308 g/mol. The highest BCUT2D eigenvalue weighted by molar-refractivity contribution is 5.83. The monoisotopic (exact) mass is 320 g/mol. The summed E-state index contributed by atoms with van der Waals surface area (Å²) in [6, 6.07) is 4.54. The van der Waals surface area contributed by atoms with Gasteiger partial charge in [0.25, 0.3) is 5.91 Å². The zero-order chi connectivity index (χ0) is 16.8. The van der Waals surface area contributed by atoms with Gasteiger partial charge in [-0.25, -0.2) is 5.43 Å². The van der Waals surface area contributed by atoms with Gasteiger partial charge < -0.3 is 20.0 Å². The summed E-state index contributed by atoms with van der Waals surface area (Å²) in [5.41, 5.74) is 2.83. The highest BCUT2D eigenvalue weighted by atomic mass is 16.6. The fraction of sp³-hybridized carbons (Fsp3) is 0.167. The number of rotatable bonds is 6. The van der Waals surface area contributed by atoms with Crippen molar-refractivity contribution in [3.8, 4) is 11.5 Å². The number of hydrazone groups is 1. The average molecular weight is 320 g/mol. The van der Waals surface area contributed by atoms with Crippen molar-refractivity contribution in [2.24, 2.45) is 5.10 Å². The third-order valence-corrected chi connectivity index (χ3v) is 2.60. The first-order valence-corrected chi connectivity index (χ1v) is 6.22. The normalized spacial score (nSPS) is 10.7. The number of benzene rings is 1. The number of carbonyl (C=O) groups is 1. The van der Waals surface area contributed by atoms with E-state index in [1.807, 2.05) is 0 Å². The Morgan fingerprint density at radius 2 is 2.39 bits per heavy atom. The van der Waals surface area contributed by atoms with Crippen molar-refractivity contribution in [3.63, 3.8) is 0 Å². The van der Waals surface area contributed by atoms with E-state index in [-0.39, 0.29) is 18.0 Å². The number of methoxy groups -OCH3 is 1. The molecule has 0 fully saturated rings. The first kappa shape index (κ1) is 15.9. The van der Waals surface area contributed by atoms with E-state index in [1.54, 1.807) is 6.07 Å². The number of phenolic OH excluding ortho intramolecular Hbond substituents is 1. The smallest absolute Gasteiger partial charge is 0.490 e. The van der Waals surface area contributed by atoms with Crippen molar-refractivity contribution < 1.29 is 19.6 Å². The van der Waals surface area contributed by atoms with Crippen molar-refractivity contribution in [3.05, 3.63) is 40.2 Å². The van der Waals surface area contributed by atoms with E-state index >= 15 is 0 Å². The Morgan fingerprint density at radius 1 is 1.61 bits per heavy atom. The van der Waals surface area contributed by atoms with Gasteiger partial charge >= 0.3 is 5.95 Å². The summed E-state index contributed by atoms with van der Waals surface area (Å²) in [6.07, 6.45) is 2.43. The molecule has 0 radical (unpaired) electrons. The first-order valence-electron chi connectivity index (χ1n) is 6.22. The molecule has 1 amide bonds. The molecule has 120 valence electrons. The number of hydrogen-bond acceptors (Lipinski definition) is 8. The first-order chi connectivity index (χ1) is 11.0. The molecule has 0 unspecified atom stereocenters. The van der Waals surface area contributed by atoms with E-state index < -0.39 is 16.8 Å². The Hall–Kier alpha value is -3.50.